The van der Waals surface area contributed by atoms with E-state index in [-0.39, 0.29) is 11.9 Å². The maximum absolute atomic E-state index is 11.8. The minimum Gasteiger partial charge on any atom is -0.508 e. The minimum absolute atomic E-state index is 0.0321. The normalized spacial score (nSPS) is 15.8. The second-order valence-electron chi connectivity index (χ2n) is 7.80. The SMILES string of the molecule is CN(C)C(=O)C=Cc1ccc(C2c3ccc(O)cc3CCN2c2ccccc2)cc1. The summed E-state index contributed by atoms with van der Waals surface area (Å²) in [5.74, 6) is 0.280. The van der Waals surface area contributed by atoms with Crippen LogP contribution in [0.5, 0.6) is 5.75 Å². The molecule has 152 valence electrons. The molecule has 0 spiro atoms. The summed E-state index contributed by atoms with van der Waals surface area (Å²) in [5, 5.41) is 9.96. The van der Waals surface area contributed by atoms with Crippen LogP contribution in [0.15, 0.2) is 78.9 Å². The van der Waals surface area contributed by atoms with Gasteiger partial charge >= 0.3 is 0 Å². The smallest absolute Gasteiger partial charge is 0.246 e. The summed E-state index contributed by atoms with van der Waals surface area (Å²) >= 11 is 0. The zero-order chi connectivity index (χ0) is 21.1. The molecule has 1 heterocycles. The van der Waals surface area contributed by atoms with Crippen LogP contribution in [0.2, 0.25) is 0 Å². The van der Waals surface area contributed by atoms with Crippen molar-refractivity contribution >= 4 is 17.7 Å². The number of likely N-dealkylation sites (N-methyl/N-ethyl adjacent to an activating group) is 1. The Balaban J connectivity index is 1.71. The number of amides is 1. The molecule has 1 amide bonds. The Kier molecular flexibility index (Phi) is 5.57. The Morgan fingerprint density at radius 1 is 1.03 bits per heavy atom. The van der Waals surface area contributed by atoms with E-state index in [0.717, 1.165) is 18.5 Å². The fraction of sp³-hybridized carbons (Fsp3) is 0.192. The van der Waals surface area contributed by atoms with E-state index in [0.29, 0.717) is 5.75 Å². The fourth-order valence-electron chi connectivity index (χ4n) is 3.98. The molecule has 1 N–H and O–H groups in total. The Morgan fingerprint density at radius 2 is 1.77 bits per heavy atom. The molecule has 0 aliphatic carbocycles. The summed E-state index contributed by atoms with van der Waals surface area (Å²) in [4.78, 5) is 15.8. The van der Waals surface area contributed by atoms with Gasteiger partial charge in [0.25, 0.3) is 0 Å². The number of rotatable bonds is 4. The van der Waals surface area contributed by atoms with Crippen LogP contribution in [-0.4, -0.2) is 36.6 Å². The molecular weight excluding hydrogens is 372 g/mol. The van der Waals surface area contributed by atoms with Gasteiger partial charge in [0, 0.05) is 32.4 Å². The Bertz CT molecular complexity index is 1060. The predicted octanol–water partition coefficient (Wildman–Crippen LogP) is 4.65. The van der Waals surface area contributed by atoms with Crippen LogP contribution in [0.4, 0.5) is 5.69 Å². The molecule has 1 unspecified atom stereocenters. The van der Waals surface area contributed by atoms with Gasteiger partial charge in [0.2, 0.25) is 5.91 Å². The molecule has 0 saturated heterocycles. The number of phenolic OH excluding ortho intramolecular Hbond substituents is 1. The zero-order valence-electron chi connectivity index (χ0n) is 17.3. The maximum Gasteiger partial charge on any atom is 0.246 e. The van der Waals surface area contributed by atoms with E-state index in [1.807, 2.05) is 36.4 Å². The monoisotopic (exact) mass is 398 g/mol. The van der Waals surface area contributed by atoms with Crippen molar-refractivity contribution in [2.75, 3.05) is 25.5 Å². The van der Waals surface area contributed by atoms with Gasteiger partial charge in [-0.3, -0.25) is 4.79 Å². The van der Waals surface area contributed by atoms with Crippen LogP contribution in [0, 0.1) is 0 Å². The molecule has 1 atom stereocenters. The molecule has 4 nitrogen and oxygen atoms in total. The number of para-hydroxylation sites is 1. The van der Waals surface area contributed by atoms with Gasteiger partial charge in [-0.25, -0.2) is 0 Å². The molecule has 0 aromatic heterocycles. The van der Waals surface area contributed by atoms with Crippen LogP contribution in [0.25, 0.3) is 6.08 Å². The number of hydrogen-bond acceptors (Lipinski definition) is 3. The van der Waals surface area contributed by atoms with E-state index >= 15 is 0 Å². The van der Waals surface area contributed by atoms with Crippen molar-refractivity contribution in [3.8, 4) is 5.75 Å². The first-order valence-electron chi connectivity index (χ1n) is 10.2. The highest BCUT2D eigenvalue weighted by molar-refractivity contribution is 5.91. The van der Waals surface area contributed by atoms with Crippen LogP contribution in [-0.2, 0) is 11.2 Å². The number of carbonyl (C=O) groups is 1. The molecule has 30 heavy (non-hydrogen) atoms. The molecule has 1 aliphatic heterocycles. The Morgan fingerprint density at radius 3 is 2.47 bits per heavy atom. The number of anilines is 1. The third-order valence-electron chi connectivity index (χ3n) is 5.55. The van der Waals surface area contributed by atoms with E-state index in [9.17, 15) is 9.90 Å². The standard InChI is InChI=1S/C26H26N2O2/c1-27(2)25(30)15-10-19-8-11-20(12-9-19)26-24-14-13-23(29)18-21(24)16-17-28(26)22-6-4-3-5-7-22/h3-15,18,26,29H,16-17H2,1-2H3. The summed E-state index contributed by atoms with van der Waals surface area (Å²) in [5.41, 5.74) is 5.76. The van der Waals surface area contributed by atoms with E-state index in [2.05, 4.69) is 41.3 Å². The molecule has 4 heteroatoms. The largest absolute Gasteiger partial charge is 0.508 e. The van der Waals surface area contributed by atoms with Crippen LogP contribution < -0.4 is 4.90 Å². The average molecular weight is 399 g/mol. The number of aromatic hydroxyl groups is 1. The van der Waals surface area contributed by atoms with Crippen molar-refractivity contribution < 1.29 is 9.90 Å². The third-order valence-corrected chi connectivity index (χ3v) is 5.55. The lowest BCUT2D eigenvalue weighted by atomic mass is 9.87. The molecule has 3 aromatic rings. The van der Waals surface area contributed by atoms with Gasteiger partial charge in [-0.15, -0.1) is 0 Å². The summed E-state index contributed by atoms with van der Waals surface area (Å²) in [6.45, 7) is 0.879. The van der Waals surface area contributed by atoms with Gasteiger partial charge in [-0.05, 0) is 59.0 Å². The summed E-state index contributed by atoms with van der Waals surface area (Å²) < 4.78 is 0. The van der Waals surface area contributed by atoms with Gasteiger partial charge in [0.1, 0.15) is 5.75 Å². The summed E-state index contributed by atoms with van der Waals surface area (Å²) in [6, 6.07) is 24.5. The lowest BCUT2D eigenvalue weighted by Gasteiger charge is -2.39. The number of nitrogens with zero attached hydrogens (tertiary/aromatic N) is 2. The van der Waals surface area contributed by atoms with Gasteiger partial charge in [-0.1, -0.05) is 48.5 Å². The molecule has 0 bridgehead atoms. The molecular formula is C26H26N2O2. The Labute approximate surface area is 177 Å². The van der Waals surface area contributed by atoms with Crippen molar-refractivity contribution in [2.24, 2.45) is 0 Å². The summed E-state index contributed by atoms with van der Waals surface area (Å²) in [7, 11) is 3.48. The van der Waals surface area contributed by atoms with E-state index in [1.165, 1.54) is 22.4 Å². The van der Waals surface area contributed by atoms with Crippen molar-refractivity contribution in [2.45, 2.75) is 12.5 Å². The number of phenols is 1. The number of carbonyl (C=O) groups excluding carboxylic acids is 1. The molecule has 3 aromatic carbocycles. The van der Waals surface area contributed by atoms with Crippen molar-refractivity contribution in [1.82, 2.24) is 4.90 Å². The molecule has 4 rings (SSSR count). The number of benzene rings is 3. The molecule has 0 fully saturated rings. The molecule has 0 radical (unpaired) electrons. The van der Waals surface area contributed by atoms with Gasteiger partial charge in [0.15, 0.2) is 0 Å². The van der Waals surface area contributed by atoms with Gasteiger partial charge in [-0.2, -0.15) is 0 Å². The highest BCUT2D eigenvalue weighted by Crippen LogP contribution is 2.39. The molecule has 0 saturated carbocycles. The number of hydrogen-bond donors (Lipinski definition) is 1. The van der Waals surface area contributed by atoms with E-state index < -0.39 is 0 Å². The van der Waals surface area contributed by atoms with E-state index in [4.69, 9.17) is 0 Å². The van der Waals surface area contributed by atoms with Gasteiger partial charge in [0.05, 0.1) is 6.04 Å². The lowest BCUT2D eigenvalue weighted by molar-refractivity contribution is -0.123. The van der Waals surface area contributed by atoms with Crippen LogP contribution in [0.1, 0.15) is 28.3 Å². The van der Waals surface area contributed by atoms with Crippen molar-refractivity contribution in [1.29, 1.82) is 0 Å². The topological polar surface area (TPSA) is 43.8 Å². The minimum atomic E-state index is -0.0321. The highest BCUT2D eigenvalue weighted by Gasteiger charge is 2.29. The lowest BCUT2D eigenvalue weighted by Crippen LogP contribution is -2.36. The van der Waals surface area contributed by atoms with Crippen molar-refractivity contribution in [3.63, 3.8) is 0 Å². The predicted molar refractivity (Wildman–Crippen MR) is 122 cm³/mol. The quantitative estimate of drug-likeness (QED) is 0.651. The summed E-state index contributed by atoms with van der Waals surface area (Å²) in [6.07, 6.45) is 4.32. The number of fused-ring (bicyclic) bond motifs is 1. The van der Waals surface area contributed by atoms with E-state index in [1.54, 1.807) is 31.1 Å². The first-order chi connectivity index (χ1) is 14.5. The maximum atomic E-state index is 11.8. The first kappa shape index (κ1) is 19.8. The third kappa shape index (κ3) is 4.08. The van der Waals surface area contributed by atoms with Crippen molar-refractivity contribution in [3.05, 3.63) is 101 Å². The molecule has 1 aliphatic rings. The second-order valence-corrected chi connectivity index (χ2v) is 7.80. The van der Waals surface area contributed by atoms with Gasteiger partial charge < -0.3 is 14.9 Å². The second kappa shape index (κ2) is 8.46. The fourth-order valence-corrected chi connectivity index (χ4v) is 3.98. The highest BCUT2D eigenvalue weighted by atomic mass is 16.3. The Hall–Kier alpha value is -3.53. The zero-order valence-corrected chi connectivity index (χ0v) is 17.3. The first-order valence-corrected chi connectivity index (χ1v) is 10.2. The van der Waals surface area contributed by atoms with Crippen LogP contribution >= 0.6 is 0 Å². The van der Waals surface area contributed by atoms with Crippen LogP contribution in [0.3, 0.4) is 0 Å². The average Bonchev–Trinajstić information content (AvgIpc) is 2.77.